The van der Waals surface area contributed by atoms with Crippen molar-refractivity contribution in [3.63, 3.8) is 0 Å². The third-order valence-corrected chi connectivity index (χ3v) is 5.50. The Labute approximate surface area is 171 Å². The molecule has 1 aromatic carbocycles. The van der Waals surface area contributed by atoms with Gasteiger partial charge in [0.25, 0.3) is 5.56 Å². The number of aryl methyl sites for hydroxylation is 1. The second kappa shape index (κ2) is 8.78. The van der Waals surface area contributed by atoms with Crippen LogP contribution in [0.2, 0.25) is 0 Å². The molecule has 0 fully saturated rings. The van der Waals surface area contributed by atoms with Gasteiger partial charge in [0.2, 0.25) is 5.91 Å². The van der Waals surface area contributed by atoms with Crippen molar-refractivity contribution in [3.05, 3.63) is 68.0 Å². The van der Waals surface area contributed by atoms with E-state index in [0.29, 0.717) is 16.8 Å². The minimum Gasteiger partial charge on any atom is -0.325 e. The molecule has 6 nitrogen and oxygen atoms in total. The Kier molecular flexibility index (Phi) is 6.38. The number of thioether (sulfide) groups is 1. The summed E-state index contributed by atoms with van der Waals surface area (Å²) in [6.45, 7) is 1.89. The third kappa shape index (κ3) is 5.91. The van der Waals surface area contributed by atoms with E-state index in [1.54, 1.807) is 11.4 Å². The number of rotatable bonds is 6. The summed E-state index contributed by atoms with van der Waals surface area (Å²) in [5.41, 5.74) is 0.139. The summed E-state index contributed by atoms with van der Waals surface area (Å²) in [7, 11) is 0. The van der Waals surface area contributed by atoms with Crippen LogP contribution in [0, 0.1) is 6.92 Å². The van der Waals surface area contributed by atoms with E-state index >= 15 is 0 Å². The van der Waals surface area contributed by atoms with Crippen LogP contribution in [0.3, 0.4) is 0 Å². The van der Waals surface area contributed by atoms with E-state index in [1.807, 2.05) is 25.1 Å². The van der Waals surface area contributed by atoms with Crippen molar-refractivity contribution < 1.29 is 18.0 Å². The van der Waals surface area contributed by atoms with Crippen molar-refractivity contribution >= 4 is 34.7 Å². The van der Waals surface area contributed by atoms with E-state index in [1.165, 1.54) is 11.3 Å². The minimum atomic E-state index is -4.69. The van der Waals surface area contributed by atoms with Gasteiger partial charge in [-0.3, -0.25) is 9.59 Å². The highest BCUT2D eigenvalue weighted by Crippen LogP contribution is 2.28. The van der Waals surface area contributed by atoms with Crippen LogP contribution < -0.4 is 10.9 Å². The number of H-pyrrole nitrogens is 1. The quantitative estimate of drug-likeness (QED) is 0.446. The zero-order chi connectivity index (χ0) is 21.0. The minimum absolute atomic E-state index is 0.0856. The number of hydrogen-bond donors (Lipinski definition) is 2. The average Bonchev–Trinajstić information content (AvgIpc) is 3.08. The van der Waals surface area contributed by atoms with Crippen LogP contribution in [0.5, 0.6) is 0 Å². The standard InChI is InChI=1S/C18H15F3N4O2S2/c1-10-4-2-3-5-12(10)23-15(27)7-16-22-11(8-28-16)9-29-17-24-13(18(19,20)21)6-14(26)25-17/h2-6,8H,7,9H2,1H3,(H,23,27)(H,24,25,26). The monoisotopic (exact) mass is 440 g/mol. The Bertz CT molecular complexity index is 1080. The molecule has 2 heterocycles. The number of benzene rings is 1. The predicted molar refractivity (Wildman–Crippen MR) is 105 cm³/mol. The van der Waals surface area contributed by atoms with Gasteiger partial charge in [0.05, 0.1) is 12.1 Å². The summed E-state index contributed by atoms with van der Waals surface area (Å²) in [4.78, 5) is 33.6. The first-order valence-corrected chi connectivity index (χ1v) is 10.2. The highest BCUT2D eigenvalue weighted by Gasteiger charge is 2.33. The van der Waals surface area contributed by atoms with E-state index in [2.05, 4.69) is 20.3 Å². The molecule has 2 N–H and O–H groups in total. The molecule has 2 aromatic heterocycles. The molecule has 0 aliphatic carbocycles. The number of anilines is 1. The summed E-state index contributed by atoms with van der Waals surface area (Å²) >= 11 is 2.21. The summed E-state index contributed by atoms with van der Waals surface area (Å²) < 4.78 is 38.2. The van der Waals surface area contributed by atoms with Crippen LogP contribution in [0.15, 0.2) is 45.7 Å². The van der Waals surface area contributed by atoms with E-state index in [9.17, 15) is 22.8 Å². The van der Waals surface area contributed by atoms with Crippen molar-refractivity contribution in [2.24, 2.45) is 0 Å². The second-order valence-electron chi connectivity index (χ2n) is 5.99. The maximum atomic E-state index is 12.7. The smallest absolute Gasteiger partial charge is 0.325 e. The molecule has 0 aliphatic heterocycles. The molecular formula is C18H15F3N4O2S2. The second-order valence-corrected chi connectivity index (χ2v) is 7.90. The molecule has 152 valence electrons. The zero-order valence-electron chi connectivity index (χ0n) is 15.0. The van der Waals surface area contributed by atoms with Crippen molar-refractivity contribution in [2.45, 2.75) is 30.4 Å². The van der Waals surface area contributed by atoms with E-state index in [-0.39, 0.29) is 23.2 Å². The van der Waals surface area contributed by atoms with Crippen LogP contribution in [0.4, 0.5) is 18.9 Å². The lowest BCUT2D eigenvalue weighted by Crippen LogP contribution is -2.16. The molecule has 11 heteroatoms. The van der Waals surface area contributed by atoms with Crippen molar-refractivity contribution in [3.8, 4) is 0 Å². The molecule has 0 bridgehead atoms. The number of halogens is 3. The number of carbonyl (C=O) groups is 1. The fourth-order valence-electron chi connectivity index (χ4n) is 2.33. The van der Waals surface area contributed by atoms with Gasteiger partial charge in [0.15, 0.2) is 10.9 Å². The molecule has 3 rings (SSSR count). The number of hydrogen-bond acceptors (Lipinski definition) is 6. The Morgan fingerprint density at radius 1 is 1.28 bits per heavy atom. The topological polar surface area (TPSA) is 87.7 Å². The summed E-state index contributed by atoms with van der Waals surface area (Å²) in [6.07, 6.45) is -4.61. The SMILES string of the molecule is Cc1ccccc1NC(=O)Cc1nc(CSc2nc(C(F)(F)F)cc(=O)[nH]2)cs1. The highest BCUT2D eigenvalue weighted by atomic mass is 32.2. The number of aromatic nitrogens is 3. The normalized spacial score (nSPS) is 11.4. The van der Waals surface area contributed by atoms with Crippen LogP contribution in [0.1, 0.15) is 22.0 Å². The van der Waals surface area contributed by atoms with Crippen LogP contribution in [0.25, 0.3) is 0 Å². The Balaban J connectivity index is 1.60. The number of aromatic amines is 1. The number of amides is 1. The first-order valence-electron chi connectivity index (χ1n) is 8.31. The molecule has 0 saturated heterocycles. The number of thiazole rings is 1. The molecule has 0 unspecified atom stereocenters. The lowest BCUT2D eigenvalue weighted by atomic mass is 10.2. The lowest BCUT2D eigenvalue weighted by molar-refractivity contribution is -0.141. The number of nitrogens with zero attached hydrogens (tertiary/aromatic N) is 2. The largest absolute Gasteiger partial charge is 0.433 e. The maximum Gasteiger partial charge on any atom is 0.433 e. The first kappa shape index (κ1) is 21.1. The summed E-state index contributed by atoms with van der Waals surface area (Å²) in [5, 5.41) is 4.97. The van der Waals surface area contributed by atoms with Gasteiger partial charge < -0.3 is 10.3 Å². The molecular weight excluding hydrogens is 425 g/mol. The van der Waals surface area contributed by atoms with Gasteiger partial charge >= 0.3 is 6.18 Å². The van der Waals surface area contributed by atoms with Gasteiger partial charge in [-0.25, -0.2) is 9.97 Å². The maximum absolute atomic E-state index is 12.7. The van der Waals surface area contributed by atoms with E-state index in [4.69, 9.17) is 0 Å². The van der Waals surface area contributed by atoms with Crippen molar-refractivity contribution in [2.75, 3.05) is 5.32 Å². The van der Waals surface area contributed by atoms with E-state index < -0.39 is 17.4 Å². The van der Waals surface area contributed by atoms with Crippen LogP contribution >= 0.6 is 23.1 Å². The van der Waals surface area contributed by atoms with Gasteiger partial charge in [0.1, 0.15) is 5.01 Å². The number of nitrogens with one attached hydrogen (secondary N) is 2. The van der Waals surface area contributed by atoms with Gasteiger partial charge in [-0.05, 0) is 18.6 Å². The number of para-hydroxylation sites is 1. The van der Waals surface area contributed by atoms with E-state index in [0.717, 1.165) is 23.0 Å². The molecule has 0 radical (unpaired) electrons. The Morgan fingerprint density at radius 2 is 2.03 bits per heavy atom. The third-order valence-electron chi connectivity index (χ3n) is 3.70. The molecule has 0 aliphatic rings. The first-order chi connectivity index (χ1) is 13.7. The van der Waals surface area contributed by atoms with Crippen LogP contribution in [-0.4, -0.2) is 20.9 Å². The molecule has 29 heavy (non-hydrogen) atoms. The fourth-order valence-corrected chi connectivity index (χ4v) is 4.00. The van der Waals surface area contributed by atoms with Crippen molar-refractivity contribution in [1.82, 2.24) is 15.0 Å². The van der Waals surface area contributed by atoms with Gasteiger partial charge in [-0.15, -0.1) is 11.3 Å². The molecule has 1 amide bonds. The lowest BCUT2D eigenvalue weighted by Gasteiger charge is -2.07. The molecule has 3 aromatic rings. The fraction of sp³-hybridized carbons (Fsp3) is 0.222. The molecule has 0 atom stereocenters. The average molecular weight is 440 g/mol. The summed E-state index contributed by atoms with van der Waals surface area (Å²) in [5.74, 6) is -0.00287. The predicted octanol–water partition coefficient (Wildman–Crippen LogP) is 4.03. The Morgan fingerprint density at radius 3 is 2.76 bits per heavy atom. The van der Waals surface area contributed by atoms with Gasteiger partial charge in [-0.2, -0.15) is 13.2 Å². The zero-order valence-corrected chi connectivity index (χ0v) is 16.7. The van der Waals surface area contributed by atoms with Crippen molar-refractivity contribution in [1.29, 1.82) is 0 Å². The van der Waals surface area contributed by atoms with Gasteiger partial charge in [0, 0.05) is 22.9 Å². The molecule has 0 saturated carbocycles. The van der Waals surface area contributed by atoms with Crippen LogP contribution in [-0.2, 0) is 23.1 Å². The Hall–Kier alpha value is -2.66. The number of carbonyl (C=O) groups excluding carboxylic acids is 1. The number of alkyl halides is 3. The molecule has 0 spiro atoms. The highest BCUT2D eigenvalue weighted by molar-refractivity contribution is 7.98. The summed E-state index contributed by atoms with van der Waals surface area (Å²) in [6, 6.07) is 7.81. The van der Waals surface area contributed by atoms with Gasteiger partial charge in [-0.1, -0.05) is 30.0 Å².